The van der Waals surface area contributed by atoms with E-state index in [2.05, 4.69) is 21.8 Å². The Morgan fingerprint density at radius 1 is 1.33 bits per heavy atom. The summed E-state index contributed by atoms with van der Waals surface area (Å²) in [4.78, 5) is 21.2. The molecule has 0 atom stereocenters. The first kappa shape index (κ1) is 11.9. The van der Waals surface area contributed by atoms with Crippen LogP contribution >= 0.6 is 22.7 Å². The summed E-state index contributed by atoms with van der Waals surface area (Å²) in [5.74, 6) is -0.869. The Balaban J connectivity index is 1.85. The second-order valence-corrected chi connectivity index (χ2v) is 6.41. The monoisotopic (exact) mass is 283 g/mol. The maximum atomic E-state index is 10.9. The summed E-state index contributed by atoms with van der Waals surface area (Å²) in [6, 6.07) is 1.72. The molecule has 1 saturated heterocycles. The van der Waals surface area contributed by atoms with E-state index in [-0.39, 0.29) is 0 Å². The molecule has 0 unspecified atom stereocenters. The molecule has 0 aliphatic carbocycles. The molecule has 2 aromatic rings. The SMILES string of the molecule is CN1CCN(c2nc3sc(C(=O)O)cc3s2)CC1. The predicted octanol–water partition coefficient (Wildman–Crippen LogP) is 1.81. The number of carboxylic acid groups (broad SMARTS) is 1. The number of aromatic nitrogens is 1. The zero-order chi connectivity index (χ0) is 12.7. The summed E-state index contributed by atoms with van der Waals surface area (Å²) in [7, 11) is 2.12. The molecular formula is C11H13N3O2S2. The third-order valence-electron chi connectivity index (χ3n) is 3.06. The maximum absolute atomic E-state index is 10.9. The molecule has 2 aromatic heterocycles. The van der Waals surface area contributed by atoms with Crippen molar-refractivity contribution in [1.29, 1.82) is 0 Å². The van der Waals surface area contributed by atoms with E-state index in [4.69, 9.17) is 5.11 Å². The van der Waals surface area contributed by atoms with E-state index in [0.29, 0.717) is 4.88 Å². The molecular weight excluding hydrogens is 270 g/mol. The standard InChI is InChI=1S/C11H13N3O2S2/c1-13-2-4-14(5-3-13)11-12-9-7(18-11)6-8(17-9)10(15)16/h6H,2-5H2,1H3,(H,15,16). The molecule has 0 aromatic carbocycles. The van der Waals surface area contributed by atoms with Crippen molar-refractivity contribution in [1.82, 2.24) is 9.88 Å². The van der Waals surface area contributed by atoms with Crippen molar-refractivity contribution in [2.45, 2.75) is 0 Å². The van der Waals surface area contributed by atoms with Gasteiger partial charge in [0.15, 0.2) is 5.13 Å². The molecule has 0 spiro atoms. The number of fused-ring (bicyclic) bond motifs is 1. The molecule has 1 fully saturated rings. The summed E-state index contributed by atoms with van der Waals surface area (Å²) in [5, 5.41) is 9.94. The number of hydrogen-bond acceptors (Lipinski definition) is 6. The van der Waals surface area contributed by atoms with Crippen molar-refractivity contribution < 1.29 is 9.90 Å². The zero-order valence-electron chi connectivity index (χ0n) is 9.92. The van der Waals surface area contributed by atoms with Gasteiger partial charge in [0.05, 0.1) is 4.70 Å². The van der Waals surface area contributed by atoms with E-state index in [9.17, 15) is 4.79 Å². The summed E-state index contributed by atoms with van der Waals surface area (Å²) >= 11 is 2.84. The highest BCUT2D eigenvalue weighted by Crippen LogP contribution is 2.34. The van der Waals surface area contributed by atoms with Crippen LogP contribution in [0.25, 0.3) is 9.53 Å². The highest BCUT2D eigenvalue weighted by atomic mass is 32.1. The number of thiazole rings is 1. The van der Waals surface area contributed by atoms with Gasteiger partial charge in [0.25, 0.3) is 0 Å². The molecule has 0 saturated carbocycles. The van der Waals surface area contributed by atoms with Gasteiger partial charge in [0.1, 0.15) is 9.71 Å². The van der Waals surface area contributed by atoms with Crippen LogP contribution in [0.5, 0.6) is 0 Å². The molecule has 18 heavy (non-hydrogen) atoms. The van der Waals surface area contributed by atoms with E-state index in [1.807, 2.05) is 0 Å². The van der Waals surface area contributed by atoms with Crippen molar-refractivity contribution in [2.24, 2.45) is 0 Å². The van der Waals surface area contributed by atoms with Crippen LogP contribution in [0.3, 0.4) is 0 Å². The largest absolute Gasteiger partial charge is 0.477 e. The van der Waals surface area contributed by atoms with Gasteiger partial charge in [-0.15, -0.1) is 11.3 Å². The van der Waals surface area contributed by atoms with Crippen molar-refractivity contribution in [3.05, 3.63) is 10.9 Å². The molecule has 1 N–H and O–H groups in total. The van der Waals surface area contributed by atoms with Crippen molar-refractivity contribution in [2.75, 3.05) is 38.1 Å². The summed E-state index contributed by atoms with van der Waals surface area (Å²) in [6.07, 6.45) is 0. The molecule has 0 amide bonds. The van der Waals surface area contributed by atoms with Gasteiger partial charge in [-0.25, -0.2) is 9.78 Å². The topological polar surface area (TPSA) is 56.7 Å². The molecule has 1 aliphatic heterocycles. The Morgan fingerprint density at radius 3 is 2.67 bits per heavy atom. The van der Waals surface area contributed by atoms with Crippen LogP contribution in [-0.2, 0) is 0 Å². The molecule has 5 nitrogen and oxygen atoms in total. The number of thiophene rings is 1. The zero-order valence-corrected chi connectivity index (χ0v) is 11.6. The van der Waals surface area contributed by atoms with Crippen LogP contribution in [0.15, 0.2) is 6.07 Å². The van der Waals surface area contributed by atoms with Crippen molar-refractivity contribution in [3.8, 4) is 0 Å². The average molecular weight is 283 g/mol. The van der Waals surface area contributed by atoms with E-state index in [1.54, 1.807) is 17.4 Å². The molecule has 0 bridgehead atoms. The van der Waals surface area contributed by atoms with E-state index >= 15 is 0 Å². The van der Waals surface area contributed by atoms with Gasteiger partial charge in [-0.1, -0.05) is 11.3 Å². The summed E-state index contributed by atoms with van der Waals surface area (Å²) < 4.78 is 0.978. The van der Waals surface area contributed by atoms with Crippen LogP contribution in [0.4, 0.5) is 5.13 Å². The Hall–Kier alpha value is -1.18. The van der Waals surface area contributed by atoms with Crippen molar-refractivity contribution in [3.63, 3.8) is 0 Å². The first-order valence-electron chi connectivity index (χ1n) is 5.70. The van der Waals surface area contributed by atoms with Gasteiger partial charge < -0.3 is 14.9 Å². The second-order valence-electron chi connectivity index (χ2n) is 4.37. The number of piperazine rings is 1. The van der Waals surface area contributed by atoms with E-state index in [0.717, 1.165) is 40.8 Å². The van der Waals surface area contributed by atoms with Gasteiger partial charge in [-0.2, -0.15) is 0 Å². The quantitative estimate of drug-likeness (QED) is 0.911. The van der Waals surface area contributed by atoms with E-state index in [1.165, 1.54) is 11.3 Å². The van der Waals surface area contributed by atoms with Gasteiger partial charge in [0.2, 0.25) is 0 Å². The molecule has 3 rings (SSSR count). The number of rotatable bonds is 2. The molecule has 96 valence electrons. The van der Waals surface area contributed by atoms with Crippen LogP contribution in [0, 0.1) is 0 Å². The summed E-state index contributed by atoms with van der Waals surface area (Å²) in [5.41, 5.74) is 0. The van der Waals surface area contributed by atoms with Crippen LogP contribution in [-0.4, -0.2) is 54.2 Å². The molecule has 1 aliphatic rings. The average Bonchev–Trinajstić information content (AvgIpc) is 2.87. The highest BCUT2D eigenvalue weighted by Gasteiger charge is 2.19. The van der Waals surface area contributed by atoms with Gasteiger partial charge in [-0.3, -0.25) is 0 Å². The predicted molar refractivity (Wildman–Crippen MR) is 74.2 cm³/mol. The van der Waals surface area contributed by atoms with Crippen LogP contribution in [0.2, 0.25) is 0 Å². The second kappa shape index (κ2) is 4.49. The summed E-state index contributed by atoms with van der Waals surface area (Å²) in [6.45, 7) is 4.08. The number of carbonyl (C=O) groups is 1. The van der Waals surface area contributed by atoms with Gasteiger partial charge in [0, 0.05) is 26.2 Å². The third kappa shape index (κ3) is 2.09. The highest BCUT2D eigenvalue weighted by molar-refractivity contribution is 7.29. The fourth-order valence-electron chi connectivity index (χ4n) is 1.96. The Morgan fingerprint density at radius 2 is 2.06 bits per heavy atom. The molecule has 7 heteroatoms. The Bertz CT molecular complexity index is 553. The van der Waals surface area contributed by atoms with Crippen molar-refractivity contribution >= 4 is 43.3 Å². The van der Waals surface area contributed by atoms with Crippen LogP contribution in [0.1, 0.15) is 9.67 Å². The lowest BCUT2D eigenvalue weighted by molar-refractivity contribution is 0.0702. The smallest absolute Gasteiger partial charge is 0.345 e. The lowest BCUT2D eigenvalue weighted by atomic mass is 10.3. The third-order valence-corrected chi connectivity index (χ3v) is 5.27. The number of likely N-dealkylation sites (N-methyl/N-ethyl adjacent to an activating group) is 1. The lowest BCUT2D eigenvalue weighted by Gasteiger charge is -2.31. The van der Waals surface area contributed by atoms with Gasteiger partial charge in [-0.05, 0) is 13.1 Å². The first-order chi connectivity index (χ1) is 8.63. The van der Waals surface area contributed by atoms with Gasteiger partial charge >= 0.3 is 5.97 Å². The fraction of sp³-hybridized carbons (Fsp3) is 0.455. The molecule has 0 radical (unpaired) electrons. The first-order valence-corrected chi connectivity index (χ1v) is 7.34. The number of anilines is 1. The Labute approximate surface area is 112 Å². The Kier molecular flexibility index (Phi) is 2.96. The normalized spacial score (nSPS) is 17.5. The minimum atomic E-state index is -0.869. The lowest BCUT2D eigenvalue weighted by Crippen LogP contribution is -2.44. The fourth-order valence-corrected chi connectivity index (χ4v) is 4.06. The number of aromatic carboxylic acids is 1. The maximum Gasteiger partial charge on any atom is 0.345 e. The van der Waals surface area contributed by atoms with E-state index < -0.39 is 5.97 Å². The minimum absolute atomic E-state index is 0.369. The minimum Gasteiger partial charge on any atom is -0.477 e. The number of nitrogens with zero attached hydrogens (tertiary/aromatic N) is 3. The van der Waals surface area contributed by atoms with Crippen LogP contribution < -0.4 is 4.90 Å². The number of carboxylic acids is 1. The number of hydrogen-bond donors (Lipinski definition) is 1. The molecule has 3 heterocycles.